The van der Waals surface area contributed by atoms with Gasteiger partial charge in [-0.25, -0.2) is 0 Å². The van der Waals surface area contributed by atoms with Crippen LogP contribution in [-0.2, 0) is 19.0 Å². The molecule has 1 aliphatic rings. The van der Waals surface area contributed by atoms with E-state index in [1.54, 1.807) is 6.92 Å². The van der Waals surface area contributed by atoms with Gasteiger partial charge in [-0.15, -0.1) is 0 Å². The lowest BCUT2D eigenvalue weighted by atomic mass is 10.1. The third-order valence-electron chi connectivity index (χ3n) is 1.78. The summed E-state index contributed by atoms with van der Waals surface area (Å²) in [5, 5.41) is 8.74. The second kappa shape index (κ2) is 2.95. The number of epoxide rings is 1. The zero-order valence-electron chi connectivity index (χ0n) is 6.98. The Balaban J connectivity index is 2.29. The largest absolute Gasteiger partial charge is 0.393 e. The molecule has 0 aliphatic carbocycles. The normalized spacial score (nSPS) is 35.1. The van der Waals surface area contributed by atoms with E-state index in [2.05, 4.69) is 4.18 Å². The van der Waals surface area contributed by atoms with Crippen molar-refractivity contribution in [3.05, 3.63) is 0 Å². The van der Waals surface area contributed by atoms with E-state index in [4.69, 9.17) is 9.84 Å². The highest BCUT2D eigenvalue weighted by Crippen LogP contribution is 2.35. The minimum atomic E-state index is -3.40. The van der Waals surface area contributed by atoms with Gasteiger partial charge in [0.1, 0.15) is 11.7 Å². The van der Waals surface area contributed by atoms with Crippen molar-refractivity contribution < 1.29 is 22.4 Å². The summed E-state index contributed by atoms with van der Waals surface area (Å²) in [5.74, 6) is 0. The first-order chi connectivity index (χ1) is 5.37. The fourth-order valence-corrected chi connectivity index (χ4v) is 1.20. The molecule has 1 rings (SSSR count). The van der Waals surface area contributed by atoms with Gasteiger partial charge in [-0.2, -0.15) is 8.42 Å². The van der Waals surface area contributed by atoms with E-state index < -0.39 is 15.7 Å². The van der Waals surface area contributed by atoms with Crippen molar-refractivity contribution in [3.8, 4) is 0 Å². The van der Waals surface area contributed by atoms with Crippen LogP contribution in [0.3, 0.4) is 0 Å². The molecule has 2 atom stereocenters. The van der Waals surface area contributed by atoms with Crippen molar-refractivity contribution in [2.45, 2.75) is 18.6 Å². The molecule has 1 heterocycles. The fourth-order valence-electron chi connectivity index (χ4n) is 0.826. The molecule has 1 fully saturated rings. The number of ether oxygens (including phenoxy) is 1. The van der Waals surface area contributed by atoms with Gasteiger partial charge in [-0.1, -0.05) is 0 Å². The lowest BCUT2D eigenvalue weighted by Crippen LogP contribution is -2.19. The minimum absolute atomic E-state index is 0.0180. The molecule has 12 heavy (non-hydrogen) atoms. The van der Waals surface area contributed by atoms with Crippen LogP contribution in [0, 0.1) is 0 Å². The molecule has 1 N–H and O–H groups in total. The molecule has 0 aromatic carbocycles. The van der Waals surface area contributed by atoms with Crippen molar-refractivity contribution in [1.29, 1.82) is 0 Å². The predicted molar refractivity (Wildman–Crippen MR) is 41.2 cm³/mol. The lowest BCUT2D eigenvalue weighted by molar-refractivity contribution is 0.183. The number of aliphatic hydroxyl groups is 1. The minimum Gasteiger partial charge on any atom is -0.393 e. The molecule has 72 valence electrons. The van der Waals surface area contributed by atoms with E-state index >= 15 is 0 Å². The maximum Gasteiger partial charge on any atom is 0.264 e. The van der Waals surface area contributed by atoms with Crippen molar-refractivity contribution >= 4 is 10.1 Å². The molecule has 0 spiro atoms. The van der Waals surface area contributed by atoms with Crippen molar-refractivity contribution in [1.82, 2.24) is 0 Å². The summed E-state index contributed by atoms with van der Waals surface area (Å²) in [6.45, 7) is 1.56. The smallest absolute Gasteiger partial charge is 0.264 e. The monoisotopic (exact) mass is 196 g/mol. The first-order valence-electron chi connectivity index (χ1n) is 3.50. The number of hydrogen-bond donors (Lipinski definition) is 1. The Morgan fingerprint density at radius 1 is 1.67 bits per heavy atom. The van der Waals surface area contributed by atoms with Crippen LogP contribution in [0.15, 0.2) is 0 Å². The SMILES string of the molecule is C[C@]1(CO)O[C@@H]1COS(C)(=O)=O. The van der Waals surface area contributed by atoms with E-state index in [-0.39, 0.29) is 19.3 Å². The van der Waals surface area contributed by atoms with Crippen LogP contribution < -0.4 is 0 Å². The Morgan fingerprint density at radius 2 is 2.25 bits per heavy atom. The van der Waals surface area contributed by atoms with Crippen LogP contribution in [0.4, 0.5) is 0 Å². The molecule has 1 saturated heterocycles. The quantitative estimate of drug-likeness (QED) is 0.466. The Hall–Kier alpha value is -0.170. The lowest BCUT2D eigenvalue weighted by Gasteiger charge is -2.00. The molecule has 0 aromatic heterocycles. The molecule has 0 unspecified atom stereocenters. The van der Waals surface area contributed by atoms with E-state index in [9.17, 15) is 8.42 Å². The van der Waals surface area contributed by atoms with Gasteiger partial charge in [-0.3, -0.25) is 4.18 Å². The summed E-state index contributed by atoms with van der Waals surface area (Å²) < 4.78 is 30.5. The third-order valence-corrected chi connectivity index (χ3v) is 2.35. The van der Waals surface area contributed by atoms with Gasteiger partial charge in [-0.05, 0) is 6.92 Å². The van der Waals surface area contributed by atoms with Crippen LogP contribution in [0.5, 0.6) is 0 Å². The standard InChI is InChI=1S/C6H12O5S/c1-6(4-7)5(11-6)3-10-12(2,8)9/h5,7H,3-4H2,1-2H3/t5-,6-/m1/s1. The molecule has 0 aromatic rings. The predicted octanol–water partition coefficient (Wildman–Crippen LogP) is -0.888. The zero-order chi connectivity index (χ0) is 9.41. The molecule has 1 aliphatic heterocycles. The van der Waals surface area contributed by atoms with Crippen molar-refractivity contribution in [2.75, 3.05) is 19.5 Å². The number of hydrogen-bond acceptors (Lipinski definition) is 5. The average Bonchev–Trinajstić information content (AvgIpc) is 2.58. The van der Waals surface area contributed by atoms with Gasteiger partial charge in [0, 0.05) is 0 Å². The summed E-state index contributed by atoms with van der Waals surface area (Å²) in [5.41, 5.74) is -0.606. The molecular formula is C6H12O5S. The van der Waals surface area contributed by atoms with Gasteiger partial charge in [0.25, 0.3) is 10.1 Å². The van der Waals surface area contributed by atoms with E-state index in [1.165, 1.54) is 0 Å². The number of aliphatic hydroxyl groups excluding tert-OH is 1. The Bertz CT molecular complexity index is 259. The van der Waals surface area contributed by atoms with Gasteiger partial charge in [0.05, 0.1) is 19.5 Å². The molecule has 0 amide bonds. The summed E-state index contributed by atoms with van der Waals surface area (Å²) in [6, 6.07) is 0. The highest BCUT2D eigenvalue weighted by molar-refractivity contribution is 7.85. The Labute approximate surface area is 71.4 Å². The summed E-state index contributed by atoms with van der Waals surface area (Å²) in [7, 11) is -3.40. The molecule has 0 saturated carbocycles. The first kappa shape index (κ1) is 9.91. The van der Waals surface area contributed by atoms with E-state index in [1.807, 2.05) is 0 Å². The molecule has 6 heteroatoms. The van der Waals surface area contributed by atoms with Crippen LogP contribution in [0.25, 0.3) is 0 Å². The van der Waals surface area contributed by atoms with E-state index in [0.29, 0.717) is 0 Å². The van der Waals surface area contributed by atoms with E-state index in [0.717, 1.165) is 6.26 Å². The Morgan fingerprint density at radius 3 is 2.58 bits per heavy atom. The highest BCUT2D eigenvalue weighted by Gasteiger charge is 2.52. The van der Waals surface area contributed by atoms with Crippen LogP contribution in [0.2, 0.25) is 0 Å². The van der Waals surface area contributed by atoms with Crippen molar-refractivity contribution in [3.63, 3.8) is 0 Å². The fraction of sp³-hybridized carbons (Fsp3) is 1.00. The van der Waals surface area contributed by atoms with Crippen molar-refractivity contribution in [2.24, 2.45) is 0 Å². The Kier molecular flexibility index (Phi) is 2.44. The van der Waals surface area contributed by atoms with Gasteiger partial charge in [0.15, 0.2) is 0 Å². The van der Waals surface area contributed by atoms with Gasteiger partial charge >= 0.3 is 0 Å². The summed E-state index contributed by atoms with van der Waals surface area (Å²) >= 11 is 0. The molecule has 0 bridgehead atoms. The van der Waals surface area contributed by atoms with Crippen LogP contribution in [-0.4, -0.2) is 44.7 Å². The third kappa shape index (κ3) is 2.41. The highest BCUT2D eigenvalue weighted by atomic mass is 32.2. The van der Waals surface area contributed by atoms with Crippen LogP contribution in [0.1, 0.15) is 6.92 Å². The zero-order valence-corrected chi connectivity index (χ0v) is 7.80. The van der Waals surface area contributed by atoms with Crippen LogP contribution >= 0.6 is 0 Å². The average molecular weight is 196 g/mol. The molecule has 5 nitrogen and oxygen atoms in total. The topological polar surface area (TPSA) is 76.1 Å². The second-order valence-electron chi connectivity index (χ2n) is 3.07. The first-order valence-corrected chi connectivity index (χ1v) is 5.32. The summed E-state index contributed by atoms with van der Waals surface area (Å²) in [6.07, 6.45) is 0.670. The molecule has 0 radical (unpaired) electrons. The maximum atomic E-state index is 10.5. The summed E-state index contributed by atoms with van der Waals surface area (Å²) in [4.78, 5) is 0. The number of rotatable bonds is 4. The maximum absolute atomic E-state index is 10.5. The second-order valence-corrected chi connectivity index (χ2v) is 4.71. The van der Waals surface area contributed by atoms with Gasteiger partial charge in [0.2, 0.25) is 0 Å². The molecular weight excluding hydrogens is 184 g/mol. The van der Waals surface area contributed by atoms with Gasteiger partial charge < -0.3 is 9.84 Å².